The Labute approximate surface area is 155 Å². The molecule has 0 fully saturated rings. The normalized spacial score (nSPS) is 12.0. The minimum Gasteiger partial charge on any atom is -0.497 e. The summed E-state index contributed by atoms with van der Waals surface area (Å²) >= 11 is 1.46. The maximum atomic E-state index is 12.9. The van der Waals surface area contributed by atoms with Gasteiger partial charge in [0, 0.05) is 15.0 Å². The van der Waals surface area contributed by atoms with Gasteiger partial charge < -0.3 is 4.74 Å². The summed E-state index contributed by atoms with van der Waals surface area (Å²) in [7, 11) is 1.55. The van der Waals surface area contributed by atoms with Crippen molar-refractivity contribution in [2.75, 3.05) is 7.11 Å². The third kappa shape index (κ3) is 2.86. The van der Waals surface area contributed by atoms with E-state index in [-0.39, 0.29) is 11.2 Å². The fourth-order valence-electron chi connectivity index (χ4n) is 3.00. The van der Waals surface area contributed by atoms with Crippen molar-refractivity contribution in [3.05, 3.63) is 63.3 Å². The lowest BCUT2D eigenvalue weighted by molar-refractivity contribution is -0.137. The van der Waals surface area contributed by atoms with E-state index in [1.165, 1.54) is 23.5 Å². The lowest BCUT2D eigenvalue weighted by Crippen LogP contribution is -2.15. The molecule has 0 aromatic heterocycles. The van der Waals surface area contributed by atoms with Crippen molar-refractivity contribution in [1.82, 2.24) is 9.78 Å². The number of methoxy groups -OCH3 is 1. The molecule has 2 aromatic rings. The van der Waals surface area contributed by atoms with Gasteiger partial charge in [0.1, 0.15) is 11.4 Å². The van der Waals surface area contributed by atoms with Gasteiger partial charge >= 0.3 is 6.18 Å². The van der Waals surface area contributed by atoms with Crippen LogP contribution in [-0.4, -0.2) is 16.9 Å². The average molecular weight is 390 g/mol. The highest BCUT2D eigenvalue weighted by Crippen LogP contribution is 2.37. The number of ether oxygens (including phenoxy) is 1. The predicted octanol–water partition coefficient (Wildman–Crippen LogP) is 4.89. The molecule has 0 saturated carbocycles. The second kappa shape index (κ2) is 6.09. The highest BCUT2D eigenvalue weighted by molar-refractivity contribution is 7.18. The van der Waals surface area contributed by atoms with Crippen LogP contribution in [0.25, 0.3) is 27.0 Å². The van der Waals surface area contributed by atoms with Gasteiger partial charge in [-0.1, -0.05) is 0 Å². The molecule has 2 aliphatic rings. The van der Waals surface area contributed by atoms with Crippen molar-refractivity contribution >= 4 is 21.4 Å². The van der Waals surface area contributed by atoms with Crippen molar-refractivity contribution < 1.29 is 17.9 Å². The average Bonchev–Trinajstić information content (AvgIpc) is 2.99. The summed E-state index contributed by atoms with van der Waals surface area (Å²) < 4.78 is 45.7. The van der Waals surface area contributed by atoms with Gasteiger partial charge in [-0.2, -0.15) is 23.0 Å². The summed E-state index contributed by atoms with van der Waals surface area (Å²) in [6, 6.07) is 9.91. The number of aryl methyl sites for hydroxylation is 1. The smallest absolute Gasteiger partial charge is 0.416 e. The third-order valence-corrected chi connectivity index (χ3v) is 5.43. The Morgan fingerprint density at radius 2 is 1.81 bits per heavy atom. The van der Waals surface area contributed by atoms with Crippen LogP contribution in [0.1, 0.15) is 10.4 Å². The van der Waals surface area contributed by atoms with Crippen molar-refractivity contribution in [1.29, 1.82) is 0 Å². The zero-order valence-electron chi connectivity index (χ0n) is 14.3. The molecular weight excluding hydrogens is 377 g/mol. The van der Waals surface area contributed by atoms with E-state index >= 15 is 0 Å². The molecule has 27 heavy (non-hydrogen) atoms. The molecule has 0 atom stereocenters. The van der Waals surface area contributed by atoms with Gasteiger partial charge in [0.15, 0.2) is 0 Å². The maximum absolute atomic E-state index is 12.9. The first kappa shape index (κ1) is 17.5. The first-order valence-electron chi connectivity index (χ1n) is 7.97. The van der Waals surface area contributed by atoms with E-state index in [1.807, 2.05) is 19.1 Å². The Morgan fingerprint density at radius 3 is 2.44 bits per heavy atom. The van der Waals surface area contributed by atoms with Crippen molar-refractivity contribution in [3.63, 3.8) is 0 Å². The van der Waals surface area contributed by atoms with Crippen LogP contribution in [0.2, 0.25) is 0 Å². The molecule has 4 nitrogen and oxygen atoms in total. The van der Waals surface area contributed by atoms with Gasteiger partial charge in [-0.15, -0.1) is 11.3 Å². The van der Waals surface area contributed by atoms with Crippen LogP contribution < -0.4 is 10.3 Å². The van der Waals surface area contributed by atoms with E-state index < -0.39 is 11.7 Å². The molecule has 0 radical (unpaired) electrons. The molecule has 8 heteroatoms. The Balaban J connectivity index is 1.96. The van der Waals surface area contributed by atoms with Crippen LogP contribution >= 0.6 is 11.3 Å². The summed E-state index contributed by atoms with van der Waals surface area (Å²) in [6.07, 6.45) is -4.43. The quantitative estimate of drug-likeness (QED) is 0.490. The number of hydrogen-bond acceptors (Lipinski definition) is 4. The van der Waals surface area contributed by atoms with Crippen molar-refractivity contribution in [2.45, 2.75) is 13.1 Å². The molecule has 0 amide bonds. The first-order chi connectivity index (χ1) is 12.8. The largest absolute Gasteiger partial charge is 0.497 e. The first-order valence-corrected chi connectivity index (χ1v) is 8.79. The van der Waals surface area contributed by atoms with Gasteiger partial charge in [0.25, 0.3) is 5.56 Å². The fraction of sp³-hybridized carbons (Fsp3) is 0.158. The summed E-state index contributed by atoms with van der Waals surface area (Å²) in [6.45, 7) is 1.83. The molecule has 4 rings (SSSR count). The van der Waals surface area contributed by atoms with Gasteiger partial charge in [0.05, 0.1) is 23.9 Å². The zero-order valence-corrected chi connectivity index (χ0v) is 15.1. The highest BCUT2D eigenvalue weighted by atomic mass is 32.1. The minimum absolute atomic E-state index is 0.282. The van der Waals surface area contributed by atoms with Crippen LogP contribution in [0.4, 0.5) is 13.2 Å². The number of fused-ring (bicyclic) bond motifs is 3. The zero-order chi connectivity index (χ0) is 19.3. The molecule has 0 bridgehead atoms. The Bertz CT molecular complexity index is 1180. The number of alkyl halides is 3. The lowest BCUT2D eigenvalue weighted by atomic mass is 10.1. The Morgan fingerprint density at radius 1 is 1.11 bits per heavy atom. The lowest BCUT2D eigenvalue weighted by Gasteiger charge is -2.07. The van der Waals surface area contributed by atoms with E-state index in [9.17, 15) is 18.0 Å². The number of hydrogen-bond donors (Lipinski definition) is 0. The molecule has 0 aliphatic carbocycles. The van der Waals surface area contributed by atoms with Crippen molar-refractivity contribution in [2.24, 2.45) is 0 Å². The molecule has 0 spiro atoms. The van der Waals surface area contributed by atoms with Gasteiger partial charge in [-0.25, -0.2) is 0 Å². The molecule has 138 valence electrons. The number of aromatic nitrogens is 2. The van der Waals surface area contributed by atoms with Gasteiger partial charge in [0.2, 0.25) is 0 Å². The summed E-state index contributed by atoms with van der Waals surface area (Å²) in [4.78, 5) is 13.7. The second-order valence-electron chi connectivity index (χ2n) is 6.01. The summed E-state index contributed by atoms with van der Waals surface area (Å²) in [5, 5.41) is 5.18. The summed E-state index contributed by atoms with van der Waals surface area (Å²) in [5.41, 5.74) is 0.113. The van der Waals surface area contributed by atoms with Crippen molar-refractivity contribution in [3.8, 4) is 22.7 Å². The van der Waals surface area contributed by atoms with Gasteiger partial charge in [-0.3, -0.25) is 4.79 Å². The van der Waals surface area contributed by atoms with Gasteiger partial charge in [-0.05, 0) is 49.4 Å². The molecule has 0 N–H and O–H groups in total. The van der Waals surface area contributed by atoms with Crippen LogP contribution in [0.5, 0.6) is 5.75 Å². The number of halogens is 3. The van der Waals surface area contributed by atoms with E-state index in [0.29, 0.717) is 17.0 Å². The number of nitrogens with zero attached hydrogens (tertiary/aromatic N) is 2. The Kier molecular flexibility index (Phi) is 3.96. The highest BCUT2D eigenvalue weighted by Gasteiger charge is 2.30. The molecule has 2 aromatic carbocycles. The Hall–Kier alpha value is -2.87. The second-order valence-corrected chi connectivity index (χ2v) is 7.26. The van der Waals surface area contributed by atoms with E-state index in [0.717, 1.165) is 31.8 Å². The van der Waals surface area contributed by atoms with E-state index in [4.69, 9.17) is 4.74 Å². The molecular formula is C19H13F3N2O2S. The number of rotatable bonds is 2. The third-order valence-electron chi connectivity index (χ3n) is 4.34. The van der Waals surface area contributed by atoms with E-state index in [1.54, 1.807) is 13.2 Å². The van der Waals surface area contributed by atoms with Crippen LogP contribution in [0, 0.1) is 6.92 Å². The minimum atomic E-state index is -4.43. The molecule has 0 saturated heterocycles. The fourth-order valence-corrected chi connectivity index (χ4v) is 4.02. The maximum Gasteiger partial charge on any atom is 0.416 e. The van der Waals surface area contributed by atoms with Crippen LogP contribution in [0.3, 0.4) is 0 Å². The predicted molar refractivity (Wildman–Crippen MR) is 98.1 cm³/mol. The molecule has 2 aliphatic heterocycles. The van der Waals surface area contributed by atoms with Crippen LogP contribution in [0.15, 0.2) is 47.3 Å². The SMILES string of the molecule is COc1ccc2sc(C)c3c(=O)n(-c4ccc(C(F)(F)F)cc4)nc-3c2c1. The molecule has 2 heterocycles. The summed E-state index contributed by atoms with van der Waals surface area (Å²) in [5.74, 6) is 0.636. The molecule has 0 unspecified atom stereocenters. The number of benzene rings is 2. The standard InChI is InChI=1S/C19H13F3N2O2S/c1-10-16-17(14-9-13(26-2)7-8-15(14)27-10)23-24(18(16)25)12-5-3-11(4-6-12)19(20,21)22/h3-9H,1-2H3. The van der Waals surface area contributed by atoms with Crippen LogP contribution in [-0.2, 0) is 6.18 Å². The van der Waals surface area contributed by atoms with E-state index in [2.05, 4.69) is 5.10 Å². The monoisotopic (exact) mass is 390 g/mol. The topological polar surface area (TPSA) is 44.1 Å².